The molecule has 2 rings (SSSR count). The number of amides is 2. The van der Waals surface area contributed by atoms with Crippen LogP contribution in [0.4, 0.5) is 0 Å². The van der Waals surface area contributed by atoms with Crippen LogP contribution >= 0.6 is 0 Å². The van der Waals surface area contributed by atoms with Crippen molar-refractivity contribution in [2.24, 2.45) is 0 Å². The molecule has 0 aromatic heterocycles. The zero-order valence-corrected chi connectivity index (χ0v) is 15.8. The zero-order valence-electron chi connectivity index (χ0n) is 15.8. The van der Waals surface area contributed by atoms with Crippen LogP contribution in [0.1, 0.15) is 24.2 Å². The second-order valence-electron chi connectivity index (χ2n) is 5.84. The molecule has 0 spiro atoms. The number of methoxy groups -OCH3 is 1. The topological polar surface area (TPSA) is 84.9 Å². The Balaban J connectivity index is 2.07. The molecule has 0 atom stereocenters. The summed E-state index contributed by atoms with van der Waals surface area (Å²) in [5, 5.41) is 4.43. The molecule has 2 aromatic carbocycles. The fourth-order valence-corrected chi connectivity index (χ4v) is 2.65. The minimum absolute atomic E-state index is 0.0694. The minimum atomic E-state index is -0.653. The van der Waals surface area contributed by atoms with Crippen molar-refractivity contribution in [3.05, 3.63) is 42.0 Å². The number of nitrogens with zero attached hydrogens (tertiary/aromatic N) is 1. The van der Waals surface area contributed by atoms with Gasteiger partial charge in [0.25, 0.3) is 5.91 Å². The smallest absolute Gasteiger partial charge is 0.342 e. The minimum Gasteiger partial charge on any atom is -0.496 e. The van der Waals surface area contributed by atoms with E-state index in [9.17, 15) is 14.4 Å². The van der Waals surface area contributed by atoms with Gasteiger partial charge in [-0.05, 0) is 36.8 Å². The standard InChI is InChI=1S/C20H24N2O5/c1-4-21-18(23)12-22(5-2)19(24)13-27-20(25)16-10-14-8-6-7-9-15(14)11-17(16)26-3/h6-11H,4-5,12-13H2,1-3H3,(H,21,23). The lowest BCUT2D eigenvalue weighted by molar-refractivity contribution is -0.138. The molecule has 2 amide bonds. The summed E-state index contributed by atoms with van der Waals surface area (Å²) in [7, 11) is 1.47. The molecule has 0 heterocycles. The Kier molecular flexibility index (Phi) is 7.16. The number of benzene rings is 2. The van der Waals surface area contributed by atoms with Crippen LogP contribution in [-0.4, -0.2) is 56.0 Å². The Morgan fingerprint density at radius 2 is 1.74 bits per heavy atom. The Morgan fingerprint density at radius 3 is 2.33 bits per heavy atom. The van der Waals surface area contributed by atoms with Crippen molar-refractivity contribution in [3.8, 4) is 5.75 Å². The van der Waals surface area contributed by atoms with E-state index in [0.717, 1.165) is 10.8 Å². The van der Waals surface area contributed by atoms with Crippen LogP contribution in [0.2, 0.25) is 0 Å². The fourth-order valence-electron chi connectivity index (χ4n) is 2.65. The van der Waals surface area contributed by atoms with Gasteiger partial charge in [0.1, 0.15) is 11.3 Å². The molecule has 0 aliphatic rings. The predicted octanol–water partition coefficient (Wildman–Crippen LogP) is 1.99. The number of carbonyl (C=O) groups is 3. The lowest BCUT2D eigenvalue weighted by Gasteiger charge is -2.20. The van der Waals surface area contributed by atoms with Gasteiger partial charge in [-0.3, -0.25) is 9.59 Å². The van der Waals surface area contributed by atoms with Gasteiger partial charge in [0.2, 0.25) is 5.91 Å². The molecule has 0 aliphatic heterocycles. The molecule has 27 heavy (non-hydrogen) atoms. The second kappa shape index (κ2) is 9.56. The van der Waals surface area contributed by atoms with E-state index in [-0.39, 0.29) is 18.0 Å². The number of likely N-dealkylation sites (N-methyl/N-ethyl adjacent to an activating group) is 2. The third-order valence-corrected chi connectivity index (χ3v) is 4.06. The average molecular weight is 372 g/mol. The highest BCUT2D eigenvalue weighted by atomic mass is 16.5. The number of esters is 1. The largest absolute Gasteiger partial charge is 0.496 e. The molecule has 0 saturated heterocycles. The van der Waals surface area contributed by atoms with Gasteiger partial charge in [-0.25, -0.2) is 4.79 Å². The van der Waals surface area contributed by atoms with Gasteiger partial charge in [0.05, 0.1) is 13.7 Å². The first-order chi connectivity index (χ1) is 13.0. The monoisotopic (exact) mass is 372 g/mol. The molecule has 7 heteroatoms. The highest BCUT2D eigenvalue weighted by molar-refractivity contribution is 5.99. The Labute approximate surface area is 158 Å². The van der Waals surface area contributed by atoms with E-state index >= 15 is 0 Å². The number of rotatable bonds is 8. The molecule has 1 N–H and O–H groups in total. The van der Waals surface area contributed by atoms with Crippen LogP contribution in [0.3, 0.4) is 0 Å². The average Bonchev–Trinajstić information content (AvgIpc) is 2.69. The molecule has 0 fully saturated rings. The summed E-state index contributed by atoms with van der Waals surface area (Å²) in [6.07, 6.45) is 0. The van der Waals surface area contributed by atoms with E-state index in [4.69, 9.17) is 9.47 Å². The van der Waals surface area contributed by atoms with E-state index in [1.54, 1.807) is 26.0 Å². The van der Waals surface area contributed by atoms with Crippen LogP contribution in [0.25, 0.3) is 10.8 Å². The second-order valence-corrected chi connectivity index (χ2v) is 5.84. The van der Waals surface area contributed by atoms with Gasteiger partial charge >= 0.3 is 5.97 Å². The third kappa shape index (κ3) is 5.20. The van der Waals surface area contributed by atoms with Crippen LogP contribution in [0.15, 0.2) is 36.4 Å². The number of carbonyl (C=O) groups excluding carboxylic acids is 3. The Bertz CT molecular complexity index is 834. The van der Waals surface area contributed by atoms with Gasteiger partial charge in [-0.15, -0.1) is 0 Å². The lowest BCUT2D eigenvalue weighted by atomic mass is 10.1. The molecule has 144 valence electrons. The van der Waals surface area contributed by atoms with Crippen molar-refractivity contribution >= 4 is 28.6 Å². The first-order valence-electron chi connectivity index (χ1n) is 8.78. The van der Waals surface area contributed by atoms with E-state index < -0.39 is 18.5 Å². The number of hydrogen-bond acceptors (Lipinski definition) is 5. The zero-order chi connectivity index (χ0) is 19.8. The molecular weight excluding hydrogens is 348 g/mol. The molecule has 0 unspecified atom stereocenters. The van der Waals surface area contributed by atoms with Crippen molar-refractivity contribution in [1.82, 2.24) is 10.2 Å². The van der Waals surface area contributed by atoms with E-state index in [2.05, 4.69) is 5.32 Å². The van der Waals surface area contributed by atoms with Gasteiger partial charge < -0.3 is 19.7 Å². The van der Waals surface area contributed by atoms with Crippen molar-refractivity contribution in [2.75, 3.05) is 33.4 Å². The van der Waals surface area contributed by atoms with Crippen LogP contribution < -0.4 is 10.1 Å². The van der Waals surface area contributed by atoms with E-state index in [1.165, 1.54) is 12.0 Å². The molecule has 0 saturated carbocycles. The molecule has 0 aliphatic carbocycles. The van der Waals surface area contributed by atoms with Gasteiger partial charge in [-0.2, -0.15) is 0 Å². The fraction of sp³-hybridized carbons (Fsp3) is 0.350. The first-order valence-corrected chi connectivity index (χ1v) is 8.78. The number of nitrogens with one attached hydrogen (secondary N) is 1. The predicted molar refractivity (Wildman–Crippen MR) is 102 cm³/mol. The highest BCUT2D eigenvalue weighted by Crippen LogP contribution is 2.26. The van der Waals surface area contributed by atoms with Gasteiger partial charge in [-0.1, -0.05) is 24.3 Å². The van der Waals surface area contributed by atoms with E-state index in [0.29, 0.717) is 18.8 Å². The molecule has 0 radical (unpaired) electrons. The Morgan fingerprint density at radius 1 is 1.07 bits per heavy atom. The molecule has 2 aromatic rings. The maximum Gasteiger partial charge on any atom is 0.342 e. The van der Waals surface area contributed by atoms with Gasteiger partial charge in [0.15, 0.2) is 6.61 Å². The summed E-state index contributed by atoms with van der Waals surface area (Å²) in [4.78, 5) is 37.7. The van der Waals surface area contributed by atoms with Crippen LogP contribution in [0, 0.1) is 0 Å². The van der Waals surface area contributed by atoms with Crippen molar-refractivity contribution in [3.63, 3.8) is 0 Å². The summed E-state index contributed by atoms with van der Waals surface area (Å²) in [5.74, 6) is -0.965. The van der Waals surface area contributed by atoms with E-state index in [1.807, 2.05) is 24.3 Å². The normalized spacial score (nSPS) is 10.3. The molecular formula is C20H24N2O5. The third-order valence-electron chi connectivity index (χ3n) is 4.06. The number of fused-ring (bicyclic) bond motifs is 1. The summed E-state index contributed by atoms with van der Waals surface area (Å²) in [5.41, 5.74) is 0.246. The van der Waals surface area contributed by atoms with Crippen LogP contribution in [-0.2, 0) is 14.3 Å². The number of ether oxygens (including phenoxy) is 2. The maximum absolute atomic E-state index is 12.5. The first kappa shape index (κ1) is 20.2. The SMILES string of the molecule is CCNC(=O)CN(CC)C(=O)COC(=O)c1cc2ccccc2cc1OC. The van der Waals surface area contributed by atoms with Crippen molar-refractivity contribution in [2.45, 2.75) is 13.8 Å². The summed E-state index contributed by atoms with van der Waals surface area (Å²) in [6.45, 7) is 3.87. The van der Waals surface area contributed by atoms with Gasteiger partial charge in [0, 0.05) is 13.1 Å². The lowest BCUT2D eigenvalue weighted by Crippen LogP contribution is -2.42. The highest BCUT2D eigenvalue weighted by Gasteiger charge is 2.20. The quantitative estimate of drug-likeness (QED) is 0.717. The number of hydrogen-bond donors (Lipinski definition) is 1. The molecule has 7 nitrogen and oxygen atoms in total. The maximum atomic E-state index is 12.5. The Hall–Kier alpha value is -3.09. The van der Waals surface area contributed by atoms with Crippen molar-refractivity contribution in [1.29, 1.82) is 0 Å². The van der Waals surface area contributed by atoms with Crippen LogP contribution in [0.5, 0.6) is 5.75 Å². The molecule has 0 bridgehead atoms. The summed E-state index contributed by atoms with van der Waals surface area (Å²) >= 11 is 0. The summed E-state index contributed by atoms with van der Waals surface area (Å²) in [6, 6.07) is 11.0. The summed E-state index contributed by atoms with van der Waals surface area (Å²) < 4.78 is 10.4. The van der Waals surface area contributed by atoms with Crippen molar-refractivity contribution < 1.29 is 23.9 Å².